The van der Waals surface area contributed by atoms with E-state index in [1.165, 1.54) is 0 Å². The molecule has 164 valence electrons. The van der Waals surface area contributed by atoms with Crippen molar-refractivity contribution in [3.8, 4) is 0 Å². The molecule has 0 bridgehead atoms. The molecule has 8 nitrogen and oxygen atoms in total. The highest BCUT2D eigenvalue weighted by Crippen LogP contribution is 2.18. The van der Waals surface area contributed by atoms with E-state index in [4.69, 9.17) is 4.98 Å². The summed E-state index contributed by atoms with van der Waals surface area (Å²) in [4.78, 5) is 30.4. The van der Waals surface area contributed by atoms with E-state index in [0.717, 1.165) is 54.4 Å². The number of nitrogens with zero attached hydrogens (tertiary/aromatic N) is 6. The van der Waals surface area contributed by atoms with Gasteiger partial charge in [-0.15, -0.1) is 0 Å². The molecule has 8 heteroatoms. The first kappa shape index (κ1) is 21.1. The quantitative estimate of drug-likeness (QED) is 0.619. The molecular weight excluding hydrogens is 390 g/mol. The van der Waals surface area contributed by atoms with E-state index in [1.54, 1.807) is 0 Å². The second-order valence-corrected chi connectivity index (χ2v) is 8.37. The first-order valence-electron chi connectivity index (χ1n) is 11.0. The zero-order valence-corrected chi connectivity index (χ0v) is 18.6. The summed E-state index contributed by atoms with van der Waals surface area (Å²) in [6.45, 7) is 10.6. The number of aromatic nitrogens is 4. The van der Waals surface area contributed by atoms with Crippen LogP contribution in [0.2, 0.25) is 0 Å². The number of hydrogen-bond acceptors (Lipinski definition) is 5. The monoisotopic (exact) mass is 421 g/mol. The van der Waals surface area contributed by atoms with E-state index in [1.807, 2.05) is 42.4 Å². The summed E-state index contributed by atoms with van der Waals surface area (Å²) >= 11 is 0. The molecule has 1 fully saturated rings. The van der Waals surface area contributed by atoms with Gasteiger partial charge in [0.15, 0.2) is 0 Å². The summed E-state index contributed by atoms with van der Waals surface area (Å²) in [5.74, 6) is 2.13. The van der Waals surface area contributed by atoms with Crippen molar-refractivity contribution in [2.75, 3.05) is 37.6 Å². The molecule has 3 aromatic rings. The van der Waals surface area contributed by atoms with Crippen molar-refractivity contribution in [2.24, 2.45) is 0 Å². The number of carbonyl (C=O) groups excluding carboxylic acids is 1. The number of benzene rings is 1. The van der Waals surface area contributed by atoms with Gasteiger partial charge in [-0.25, -0.2) is 19.7 Å². The van der Waals surface area contributed by atoms with Crippen LogP contribution in [0.5, 0.6) is 0 Å². The molecule has 0 aliphatic carbocycles. The normalized spacial score (nSPS) is 14.5. The van der Waals surface area contributed by atoms with Crippen molar-refractivity contribution in [3.05, 3.63) is 48.2 Å². The van der Waals surface area contributed by atoms with Gasteiger partial charge in [-0.05, 0) is 25.5 Å². The second-order valence-electron chi connectivity index (χ2n) is 8.37. The number of hydrogen-bond donors (Lipinski definition) is 1. The number of carbonyl (C=O) groups is 1. The first-order valence-corrected chi connectivity index (χ1v) is 11.0. The first-order chi connectivity index (χ1) is 15.0. The van der Waals surface area contributed by atoms with Crippen molar-refractivity contribution in [3.63, 3.8) is 0 Å². The summed E-state index contributed by atoms with van der Waals surface area (Å²) in [6, 6.07) is 10.1. The van der Waals surface area contributed by atoms with E-state index >= 15 is 0 Å². The van der Waals surface area contributed by atoms with Crippen LogP contribution in [0.4, 0.5) is 10.6 Å². The Bertz CT molecular complexity index is 1040. The number of amides is 2. The molecule has 4 rings (SSSR count). The van der Waals surface area contributed by atoms with E-state index in [2.05, 4.69) is 44.7 Å². The Labute approximate surface area is 183 Å². The lowest BCUT2D eigenvalue weighted by Crippen LogP contribution is -2.52. The predicted octanol–water partition coefficient (Wildman–Crippen LogP) is 3.18. The Morgan fingerprint density at radius 3 is 2.68 bits per heavy atom. The van der Waals surface area contributed by atoms with Crippen molar-refractivity contribution < 1.29 is 4.79 Å². The number of rotatable bonds is 6. The molecule has 1 aromatic carbocycles. The lowest BCUT2D eigenvalue weighted by atomic mass is 10.2. The Balaban J connectivity index is 1.23. The van der Waals surface area contributed by atoms with Gasteiger partial charge in [-0.2, -0.15) is 0 Å². The minimum Gasteiger partial charge on any atom is -0.353 e. The van der Waals surface area contributed by atoms with Crippen LogP contribution in [0, 0.1) is 6.92 Å². The molecule has 0 radical (unpaired) electrons. The third kappa shape index (κ3) is 4.95. The maximum Gasteiger partial charge on any atom is 0.317 e. The molecule has 1 saturated heterocycles. The zero-order valence-electron chi connectivity index (χ0n) is 18.6. The Morgan fingerprint density at radius 2 is 1.90 bits per heavy atom. The number of piperazine rings is 1. The van der Waals surface area contributed by atoms with Gasteiger partial charge in [0.25, 0.3) is 0 Å². The van der Waals surface area contributed by atoms with E-state index in [-0.39, 0.29) is 6.03 Å². The molecule has 31 heavy (non-hydrogen) atoms. The van der Waals surface area contributed by atoms with Gasteiger partial charge in [-0.1, -0.05) is 26.0 Å². The summed E-state index contributed by atoms with van der Waals surface area (Å²) < 4.78 is 2.13. The highest BCUT2D eigenvalue weighted by atomic mass is 16.2. The standard InChI is InChI=1S/C23H31N7O/c1-17(2)22-26-18(3)15-21(27-22)28-11-13-29(14-12-28)23(31)24-9-6-10-30-16-25-19-7-4-5-8-20(19)30/h4-5,7-8,15-17H,6,9-14H2,1-3H3,(H,24,31). The van der Waals surface area contributed by atoms with E-state index in [9.17, 15) is 4.79 Å². The number of imidazole rings is 1. The van der Waals surface area contributed by atoms with Crippen LogP contribution in [0.1, 0.15) is 37.7 Å². The third-order valence-corrected chi connectivity index (χ3v) is 5.64. The minimum atomic E-state index is 0.0110. The fourth-order valence-electron chi connectivity index (χ4n) is 3.88. The van der Waals surface area contributed by atoms with Crippen LogP contribution in [-0.2, 0) is 6.54 Å². The number of aryl methyl sites for hydroxylation is 2. The Kier molecular flexibility index (Phi) is 6.34. The van der Waals surface area contributed by atoms with Gasteiger partial charge in [-0.3, -0.25) is 0 Å². The number of para-hydroxylation sites is 2. The number of nitrogens with one attached hydrogen (secondary N) is 1. The highest BCUT2D eigenvalue weighted by Gasteiger charge is 2.22. The molecular formula is C23H31N7O. The predicted molar refractivity (Wildman–Crippen MR) is 122 cm³/mol. The molecule has 0 atom stereocenters. The smallest absolute Gasteiger partial charge is 0.317 e. The van der Waals surface area contributed by atoms with Crippen molar-refractivity contribution in [2.45, 2.75) is 39.7 Å². The maximum atomic E-state index is 12.6. The molecule has 2 aromatic heterocycles. The van der Waals surface area contributed by atoms with Crippen LogP contribution in [0.25, 0.3) is 11.0 Å². The van der Waals surface area contributed by atoms with Crippen molar-refractivity contribution >= 4 is 22.9 Å². The summed E-state index contributed by atoms with van der Waals surface area (Å²) in [7, 11) is 0. The van der Waals surface area contributed by atoms with Crippen LogP contribution < -0.4 is 10.2 Å². The van der Waals surface area contributed by atoms with Crippen LogP contribution >= 0.6 is 0 Å². The Morgan fingerprint density at radius 1 is 1.13 bits per heavy atom. The molecule has 0 spiro atoms. The average Bonchev–Trinajstić information content (AvgIpc) is 3.19. The van der Waals surface area contributed by atoms with Gasteiger partial charge in [0, 0.05) is 56.9 Å². The Hall–Kier alpha value is -3.16. The zero-order chi connectivity index (χ0) is 21.8. The minimum absolute atomic E-state index is 0.0110. The number of urea groups is 1. The van der Waals surface area contributed by atoms with Crippen LogP contribution in [-0.4, -0.2) is 63.2 Å². The van der Waals surface area contributed by atoms with Gasteiger partial charge >= 0.3 is 6.03 Å². The number of anilines is 1. The summed E-state index contributed by atoms with van der Waals surface area (Å²) in [6.07, 6.45) is 2.73. The molecule has 2 amide bonds. The maximum absolute atomic E-state index is 12.6. The van der Waals surface area contributed by atoms with Crippen LogP contribution in [0.3, 0.4) is 0 Å². The molecule has 0 saturated carbocycles. The second kappa shape index (κ2) is 9.32. The topological polar surface area (TPSA) is 79.2 Å². The molecule has 0 unspecified atom stereocenters. The lowest BCUT2D eigenvalue weighted by molar-refractivity contribution is 0.194. The van der Waals surface area contributed by atoms with Crippen molar-refractivity contribution in [1.29, 1.82) is 0 Å². The number of fused-ring (bicyclic) bond motifs is 1. The fourth-order valence-corrected chi connectivity index (χ4v) is 3.88. The molecule has 1 aliphatic rings. The third-order valence-electron chi connectivity index (χ3n) is 5.64. The summed E-state index contributed by atoms with van der Waals surface area (Å²) in [5, 5.41) is 3.06. The molecule has 1 aliphatic heterocycles. The lowest BCUT2D eigenvalue weighted by Gasteiger charge is -2.35. The van der Waals surface area contributed by atoms with Gasteiger partial charge in [0.1, 0.15) is 11.6 Å². The van der Waals surface area contributed by atoms with Gasteiger partial charge in [0.05, 0.1) is 17.4 Å². The van der Waals surface area contributed by atoms with Gasteiger partial charge < -0.3 is 19.7 Å². The van der Waals surface area contributed by atoms with Crippen molar-refractivity contribution in [1.82, 2.24) is 29.7 Å². The van der Waals surface area contributed by atoms with Gasteiger partial charge in [0.2, 0.25) is 0 Å². The highest BCUT2D eigenvalue weighted by molar-refractivity contribution is 5.75. The average molecular weight is 422 g/mol. The molecule has 3 heterocycles. The summed E-state index contributed by atoms with van der Waals surface area (Å²) in [5.41, 5.74) is 3.12. The van der Waals surface area contributed by atoms with Crippen LogP contribution in [0.15, 0.2) is 36.7 Å². The largest absolute Gasteiger partial charge is 0.353 e. The van der Waals surface area contributed by atoms with E-state index in [0.29, 0.717) is 25.6 Å². The molecule has 1 N–H and O–H groups in total. The SMILES string of the molecule is Cc1cc(N2CCN(C(=O)NCCCn3cnc4ccccc43)CC2)nc(C(C)C)n1. The van der Waals surface area contributed by atoms with E-state index < -0.39 is 0 Å². The fraction of sp³-hybridized carbons (Fsp3) is 0.478.